The molecule has 1 saturated carbocycles. The van der Waals surface area contributed by atoms with Crippen LogP contribution in [0.4, 0.5) is 4.79 Å². The Balaban J connectivity index is 2.11. The lowest BCUT2D eigenvalue weighted by molar-refractivity contribution is 0.235. The van der Waals surface area contributed by atoms with Crippen molar-refractivity contribution in [2.75, 3.05) is 13.1 Å². The summed E-state index contributed by atoms with van der Waals surface area (Å²) in [6.07, 6.45) is 4.54. The van der Waals surface area contributed by atoms with Gasteiger partial charge in [0.2, 0.25) is 0 Å². The Morgan fingerprint density at radius 1 is 1.57 bits per heavy atom. The van der Waals surface area contributed by atoms with Crippen LogP contribution in [0, 0.1) is 5.92 Å². The summed E-state index contributed by atoms with van der Waals surface area (Å²) < 4.78 is 0. The molecule has 0 saturated heterocycles. The molecule has 0 aromatic carbocycles. The molecule has 1 rings (SSSR count). The molecule has 1 aliphatic rings. The zero-order chi connectivity index (χ0) is 10.4. The number of hydrogen-bond acceptors (Lipinski definition) is 2. The van der Waals surface area contributed by atoms with E-state index in [1.54, 1.807) is 0 Å². The van der Waals surface area contributed by atoms with Crippen molar-refractivity contribution in [3.05, 3.63) is 0 Å². The van der Waals surface area contributed by atoms with Crippen molar-refractivity contribution in [1.82, 2.24) is 10.6 Å². The Bertz CT molecular complexity index is 180. The van der Waals surface area contributed by atoms with Crippen LogP contribution in [-0.2, 0) is 0 Å². The molecule has 0 aromatic heterocycles. The summed E-state index contributed by atoms with van der Waals surface area (Å²) in [6.45, 7) is 3.41. The topological polar surface area (TPSA) is 67.2 Å². The fourth-order valence-electron chi connectivity index (χ4n) is 1.47. The van der Waals surface area contributed by atoms with E-state index in [4.69, 9.17) is 5.73 Å². The van der Waals surface area contributed by atoms with Gasteiger partial charge in [-0.05, 0) is 25.2 Å². The maximum Gasteiger partial charge on any atom is 0.315 e. The molecule has 1 atom stereocenters. The quantitative estimate of drug-likeness (QED) is 0.554. The Morgan fingerprint density at radius 2 is 2.29 bits per heavy atom. The van der Waals surface area contributed by atoms with Gasteiger partial charge < -0.3 is 16.4 Å². The van der Waals surface area contributed by atoms with E-state index in [9.17, 15) is 4.79 Å². The molecule has 0 aromatic rings. The molecule has 0 heterocycles. The zero-order valence-corrected chi connectivity index (χ0v) is 8.88. The normalized spacial score (nSPS) is 17.6. The van der Waals surface area contributed by atoms with Crippen LogP contribution in [0.1, 0.15) is 32.6 Å². The van der Waals surface area contributed by atoms with Gasteiger partial charge >= 0.3 is 6.03 Å². The molecule has 1 fully saturated rings. The van der Waals surface area contributed by atoms with Gasteiger partial charge in [0.15, 0.2) is 0 Å². The van der Waals surface area contributed by atoms with Crippen LogP contribution in [0.3, 0.4) is 0 Å². The smallest absolute Gasteiger partial charge is 0.315 e. The number of rotatable bonds is 6. The summed E-state index contributed by atoms with van der Waals surface area (Å²) in [7, 11) is 0. The first-order valence-corrected chi connectivity index (χ1v) is 5.52. The predicted molar refractivity (Wildman–Crippen MR) is 57.0 cm³/mol. The third-order valence-corrected chi connectivity index (χ3v) is 2.58. The first kappa shape index (κ1) is 11.3. The average molecular weight is 199 g/mol. The van der Waals surface area contributed by atoms with Crippen molar-refractivity contribution >= 4 is 6.03 Å². The minimum Gasteiger partial charge on any atom is -0.338 e. The molecule has 4 N–H and O–H groups in total. The molecule has 1 unspecified atom stereocenters. The number of carbonyl (C=O) groups excluding carboxylic acids is 1. The van der Waals surface area contributed by atoms with Gasteiger partial charge in [-0.2, -0.15) is 0 Å². The first-order valence-electron chi connectivity index (χ1n) is 5.52. The third kappa shape index (κ3) is 3.96. The molecule has 1 aliphatic carbocycles. The van der Waals surface area contributed by atoms with Crippen molar-refractivity contribution < 1.29 is 4.79 Å². The van der Waals surface area contributed by atoms with Crippen LogP contribution in [0.5, 0.6) is 0 Å². The van der Waals surface area contributed by atoms with Crippen molar-refractivity contribution in [3.63, 3.8) is 0 Å². The van der Waals surface area contributed by atoms with E-state index in [-0.39, 0.29) is 12.1 Å². The van der Waals surface area contributed by atoms with E-state index in [2.05, 4.69) is 17.6 Å². The van der Waals surface area contributed by atoms with Gasteiger partial charge in [0.05, 0.1) is 0 Å². The zero-order valence-electron chi connectivity index (χ0n) is 8.88. The number of unbranched alkanes of at least 4 members (excludes halogenated alkanes) is 1. The highest BCUT2D eigenvalue weighted by atomic mass is 16.2. The lowest BCUT2D eigenvalue weighted by atomic mass is 10.2. The van der Waals surface area contributed by atoms with E-state index < -0.39 is 0 Å². The minimum atomic E-state index is -0.0687. The highest BCUT2D eigenvalue weighted by Gasteiger charge is 2.30. The van der Waals surface area contributed by atoms with E-state index in [1.807, 2.05) is 0 Å². The third-order valence-electron chi connectivity index (χ3n) is 2.58. The van der Waals surface area contributed by atoms with Gasteiger partial charge in [0.25, 0.3) is 0 Å². The fourth-order valence-corrected chi connectivity index (χ4v) is 1.47. The van der Waals surface area contributed by atoms with Gasteiger partial charge in [0.1, 0.15) is 0 Å². The Morgan fingerprint density at radius 3 is 2.79 bits per heavy atom. The van der Waals surface area contributed by atoms with Crippen molar-refractivity contribution in [2.45, 2.75) is 38.6 Å². The molecule has 4 heteroatoms. The number of amides is 2. The number of carbonyl (C=O) groups is 1. The second kappa shape index (κ2) is 5.86. The van der Waals surface area contributed by atoms with Gasteiger partial charge in [-0.1, -0.05) is 13.3 Å². The standard InChI is InChI=1S/C10H21N3O/c1-2-3-6-12-10(14)13-9(7-11)8-4-5-8/h8-9H,2-7,11H2,1H3,(H2,12,13,14). The molecular formula is C10H21N3O. The molecule has 2 amide bonds. The van der Waals surface area contributed by atoms with E-state index in [0.717, 1.165) is 19.4 Å². The second-order valence-electron chi connectivity index (χ2n) is 3.93. The molecule has 0 aliphatic heterocycles. The summed E-state index contributed by atoms with van der Waals surface area (Å²) in [5.41, 5.74) is 5.57. The molecule has 0 radical (unpaired) electrons. The molecule has 14 heavy (non-hydrogen) atoms. The SMILES string of the molecule is CCCCNC(=O)NC(CN)C1CC1. The Kier molecular flexibility index (Phi) is 4.73. The van der Waals surface area contributed by atoms with Crippen LogP contribution < -0.4 is 16.4 Å². The second-order valence-corrected chi connectivity index (χ2v) is 3.93. The fraction of sp³-hybridized carbons (Fsp3) is 0.900. The summed E-state index contributed by atoms with van der Waals surface area (Å²) >= 11 is 0. The summed E-state index contributed by atoms with van der Waals surface area (Å²) in [6, 6.07) is 0.109. The average Bonchev–Trinajstić information content (AvgIpc) is 2.98. The number of urea groups is 1. The van der Waals surface area contributed by atoms with Crippen LogP contribution in [0.2, 0.25) is 0 Å². The predicted octanol–water partition coefficient (Wildman–Crippen LogP) is 0.823. The Hall–Kier alpha value is -0.770. The lowest BCUT2D eigenvalue weighted by Gasteiger charge is -2.16. The van der Waals surface area contributed by atoms with Crippen molar-refractivity contribution in [2.24, 2.45) is 11.7 Å². The maximum atomic E-state index is 11.3. The molecule has 0 bridgehead atoms. The molecular weight excluding hydrogens is 178 g/mol. The summed E-state index contributed by atoms with van der Waals surface area (Å²) in [5, 5.41) is 5.74. The maximum absolute atomic E-state index is 11.3. The lowest BCUT2D eigenvalue weighted by Crippen LogP contribution is -2.46. The van der Waals surface area contributed by atoms with E-state index in [0.29, 0.717) is 12.5 Å². The Labute approximate surface area is 85.6 Å². The van der Waals surface area contributed by atoms with E-state index in [1.165, 1.54) is 12.8 Å². The van der Waals surface area contributed by atoms with Crippen LogP contribution in [0.25, 0.3) is 0 Å². The largest absolute Gasteiger partial charge is 0.338 e. The van der Waals surface area contributed by atoms with Gasteiger partial charge in [0, 0.05) is 19.1 Å². The van der Waals surface area contributed by atoms with Gasteiger partial charge in [-0.3, -0.25) is 0 Å². The van der Waals surface area contributed by atoms with Crippen LogP contribution in [-0.4, -0.2) is 25.2 Å². The van der Waals surface area contributed by atoms with Gasteiger partial charge in [-0.25, -0.2) is 4.79 Å². The number of nitrogens with two attached hydrogens (primary N) is 1. The van der Waals surface area contributed by atoms with Gasteiger partial charge in [-0.15, -0.1) is 0 Å². The highest BCUT2D eigenvalue weighted by molar-refractivity contribution is 5.74. The molecule has 82 valence electrons. The minimum absolute atomic E-state index is 0.0687. The molecule has 0 spiro atoms. The van der Waals surface area contributed by atoms with Crippen LogP contribution >= 0.6 is 0 Å². The number of nitrogens with one attached hydrogen (secondary N) is 2. The monoisotopic (exact) mass is 199 g/mol. The highest BCUT2D eigenvalue weighted by Crippen LogP contribution is 2.31. The summed E-state index contributed by atoms with van der Waals surface area (Å²) in [4.78, 5) is 11.3. The molecule has 4 nitrogen and oxygen atoms in total. The van der Waals surface area contributed by atoms with Crippen molar-refractivity contribution in [1.29, 1.82) is 0 Å². The number of hydrogen-bond donors (Lipinski definition) is 3. The first-order chi connectivity index (χ1) is 6.77. The summed E-state index contributed by atoms with van der Waals surface area (Å²) in [5.74, 6) is 0.622. The van der Waals surface area contributed by atoms with Crippen molar-refractivity contribution in [3.8, 4) is 0 Å². The van der Waals surface area contributed by atoms with Crippen LogP contribution in [0.15, 0.2) is 0 Å². The van der Waals surface area contributed by atoms with E-state index >= 15 is 0 Å².